The summed E-state index contributed by atoms with van der Waals surface area (Å²) in [5, 5.41) is 15.7. The third-order valence-electron chi connectivity index (χ3n) is 7.16. The lowest BCUT2D eigenvalue weighted by molar-refractivity contribution is -0.122. The monoisotopic (exact) mass is 447 g/mol. The highest BCUT2D eigenvalue weighted by Crippen LogP contribution is 2.45. The standard InChI is InChI=1S/C28H33NO4/c1-16-17(2)26-24(19(4)25(16)30)15-28(5,33-26)11-12-29-27(31)18(3)20-7-8-22-14-23(32-6)10-9-21(22)13-20/h7-10,13-14,18,30H,11-12,15H2,1-6H3,(H,29,31)/t18-,28?/m0/s1. The Morgan fingerprint density at radius 1 is 1.12 bits per heavy atom. The molecule has 1 unspecified atom stereocenters. The van der Waals surface area contributed by atoms with E-state index in [0.29, 0.717) is 18.7 Å². The summed E-state index contributed by atoms with van der Waals surface area (Å²) < 4.78 is 11.7. The van der Waals surface area contributed by atoms with Crippen LogP contribution in [-0.4, -0.2) is 30.3 Å². The first-order valence-electron chi connectivity index (χ1n) is 11.5. The number of nitrogens with one attached hydrogen (secondary N) is 1. The number of methoxy groups -OCH3 is 1. The molecule has 0 radical (unpaired) electrons. The van der Waals surface area contributed by atoms with Crippen LogP contribution in [0, 0.1) is 20.8 Å². The minimum Gasteiger partial charge on any atom is -0.507 e. The maximum Gasteiger partial charge on any atom is 0.227 e. The van der Waals surface area contributed by atoms with E-state index < -0.39 is 5.60 Å². The van der Waals surface area contributed by atoms with Gasteiger partial charge in [-0.25, -0.2) is 0 Å². The van der Waals surface area contributed by atoms with Crippen LogP contribution in [0.3, 0.4) is 0 Å². The largest absolute Gasteiger partial charge is 0.507 e. The van der Waals surface area contributed by atoms with Gasteiger partial charge in [0.15, 0.2) is 0 Å². The molecule has 4 rings (SSSR count). The number of carbonyl (C=O) groups is 1. The Labute approximate surface area is 195 Å². The smallest absolute Gasteiger partial charge is 0.227 e. The van der Waals surface area contributed by atoms with Crippen molar-refractivity contribution in [1.82, 2.24) is 5.32 Å². The van der Waals surface area contributed by atoms with Crippen molar-refractivity contribution in [1.29, 1.82) is 0 Å². The van der Waals surface area contributed by atoms with Gasteiger partial charge in [0.05, 0.1) is 13.0 Å². The maximum absolute atomic E-state index is 12.9. The Morgan fingerprint density at radius 2 is 1.82 bits per heavy atom. The van der Waals surface area contributed by atoms with Crippen LogP contribution >= 0.6 is 0 Å². The highest BCUT2D eigenvalue weighted by Gasteiger charge is 2.38. The lowest BCUT2D eigenvalue weighted by Crippen LogP contribution is -2.37. The molecule has 174 valence electrons. The summed E-state index contributed by atoms with van der Waals surface area (Å²) in [6, 6.07) is 12.0. The van der Waals surface area contributed by atoms with Crippen molar-refractivity contribution in [3.63, 3.8) is 0 Å². The number of hydrogen-bond acceptors (Lipinski definition) is 4. The van der Waals surface area contributed by atoms with Crippen LogP contribution in [-0.2, 0) is 11.2 Å². The molecular weight excluding hydrogens is 414 g/mol. The van der Waals surface area contributed by atoms with Crippen LogP contribution in [0.4, 0.5) is 0 Å². The second kappa shape index (κ2) is 8.62. The Bertz CT molecular complexity index is 1190. The fourth-order valence-corrected chi connectivity index (χ4v) is 4.71. The van der Waals surface area contributed by atoms with Crippen molar-refractivity contribution in [2.75, 3.05) is 13.7 Å². The van der Waals surface area contributed by atoms with Gasteiger partial charge in [0.25, 0.3) is 0 Å². The van der Waals surface area contributed by atoms with E-state index in [1.54, 1.807) is 7.11 Å². The lowest BCUT2D eigenvalue weighted by atomic mass is 9.91. The summed E-state index contributed by atoms with van der Waals surface area (Å²) >= 11 is 0. The SMILES string of the molecule is COc1ccc2cc([C@H](C)C(=O)NCCC3(C)Cc4c(C)c(O)c(C)c(C)c4O3)ccc2c1. The minimum absolute atomic E-state index is 0.00261. The number of rotatable bonds is 6. The number of hydrogen-bond donors (Lipinski definition) is 2. The number of amides is 1. The molecule has 0 aromatic heterocycles. The van der Waals surface area contributed by atoms with Gasteiger partial charge < -0.3 is 19.9 Å². The number of benzene rings is 3. The zero-order valence-corrected chi connectivity index (χ0v) is 20.3. The van der Waals surface area contributed by atoms with Crippen LogP contribution in [0.2, 0.25) is 0 Å². The molecule has 0 saturated heterocycles. The first-order valence-corrected chi connectivity index (χ1v) is 11.5. The summed E-state index contributed by atoms with van der Waals surface area (Å²) in [5.41, 5.74) is 4.40. The predicted molar refractivity (Wildman–Crippen MR) is 132 cm³/mol. The highest BCUT2D eigenvalue weighted by molar-refractivity contribution is 5.88. The van der Waals surface area contributed by atoms with Crippen molar-refractivity contribution in [2.24, 2.45) is 0 Å². The van der Waals surface area contributed by atoms with Crippen LogP contribution in [0.1, 0.15) is 54.0 Å². The van der Waals surface area contributed by atoms with Crippen LogP contribution in [0.25, 0.3) is 10.8 Å². The molecular formula is C28H33NO4. The molecule has 0 bridgehead atoms. The average Bonchev–Trinajstić information content (AvgIpc) is 3.17. The fourth-order valence-electron chi connectivity index (χ4n) is 4.71. The molecule has 1 aliphatic rings. The molecule has 0 spiro atoms. The predicted octanol–water partition coefficient (Wildman–Crippen LogP) is 5.48. The Morgan fingerprint density at radius 3 is 2.55 bits per heavy atom. The Hall–Kier alpha value is -3.21. The quantitative estimate of drug-likeness (QED) is 0.525. The molecule has 0 fully saturated rings. The van der Waals surface area contributed by atoms with E-state index in [0.717, 1.165) is 56.5 Å². The highest BCUT2D eigenvalue weighted by atomic mass is 16.5. The first kappa shape index (κ1) is 23.0. The summed E-state index contributed by atoms with van der Waals surface area (Å²) in [4.78, 5) is 12.9. The molecule has 2 N–H and O–H groups in total. The van der Waals surface area contributed by atoms with E-state index in [1.165, 1.54) is 0 Å². The van der Waals surface area contributed by atoms with Gasteiger partial charge in [-0.05, 0) is 79.8 Å². The molecule has 5 nitrogen and oxygen atoms in total. The molecule has 1 aliphatic heterocycles. The zero-order chi connectivity index (χ0) is 23.9. The van der Waals surface area contributed by atoms with Gasteiger partial charge in [-0.3, -0.25) is 4.79 Å². The van der Waals surface area contributed by atoms with Crippen molar-refractivity contribution in [3.05, 3.63) is 64.2 Å². The number of phenolic OH excluding ortho intramolecular Hbond substituents is 1. The van der Waals surface area contributed by atoms with Crippen molar-refractivity contribution < 1.29 is 19.4 Å². The third-order valence-corrected chi connectivity index (χ3v) is 7.16. The molecule has 2 atom stereocenters. The molecule has 3 aromatic carbocycles. The zero-order valence-electron chi connectivity index (χ0n) is 20.3. The van der Waals surface area contributed by atoms with Gasteiger partial charge >= 0.3 is 0 Å². The number of ether oxygens (including phenoxy) is 2. The van der Waals surface area contributed by atoms with E-state index in [4.69, 9.17) is 9.47 Å². The van der Waals surface area contributed by atoms with E-state index in [1.807, 2.05) is 58.0 Å². The van der Waals surface area contributed by atoms with Crippen molar-refractivity contribution in [3.8, 4) is 17.2 Å². The van der Waals surface area contributed by atoms with Crippen molar-refractivity contribution in [2.45, 2.75) is 59.0 Å². The van der Waals surface area contributed by atoms with Crippen LogP contribution < -0.4 is 14.8 Å². The minimum atomic E-state index is -0.406. The lowest BCUT2D eigenvalue weighted by Gasteiger charge is -2.25. The topological polar surface area (TPSA) is 67.8 Å². The molecule has 0 saturated carbocycles. The summed E-state index contributed by atoms with van der Waals surface area (Å²) in [5.74, 6) is 1.81. The van der Waals surface area contributed by atoms with Gasteiger partial charge in [-0.2, -0.15) is 0 Å². The van der Waals surface area contributed by atoms with Crippen molar-refractivity contribution >= 4 is 16.7 Å². The first-order chi connectivity index (χ1) is 15.6. The van der Waals surface area contributed by atoms with E-state index in [2.05, 4.69) is 18.3 Å². The fraction of sp³-hybridized carbons (Fsp3) is 0.393. The average molecular weight is 448 g/mol. The van der Waals surface area contributed by atoms with Gasteiger partial charge in [-0.1, -0.05) is 24.3 Å². The number of phenols is 1. The molecule has 5 heteroatoms. The normalized spacial score (nSPS) is 18.0. The number of fused-ring (bicyclic) bond motifs is 2. The summed E-state index contributed by atoms with van der Waals surface area (Å²) in [6.45, 7) is 10.4. The number of aromatic hydroxyl groups is 1. The second-order valence-electron chi connectivity index (χ2n) is 9.50. The molecule has 0 aliphatic carbocycles. The van der Waals surface area contributed by atoms with Crippen LogP contribution in [0.15, 0.2) is 36.4 Å². The molecule has 33 heavy (non-hydrogen) atoms. The van der Waals surface area contributed by atoms with Gasteiger partial charge in [0, 0.05) is 24.9 Å². The number of carbonyl (C=O) groups excluding carboxylic acids is 1. The molecule has 1 amide bonds. The van der Waals surface area contributed by atoms with E-state index >= 15 is 0 Å². The van der Waals surface area contributed by atoms with E-state index in [-0.39, 0.29) is 11.8 Å². The summed E-state index contributed by atoms with van der Waals surface area (Å²) in [6.07, 6.45) is 1.42. The van der Waals surface area contributed by atoms with Gasteiger partial charge in [0.2, 0.25) is 5.91 Å². The second-order valence-corrected chi connectivity index (χ2v) is 9.50. The van der Waals surface area contributed by atoms with E-state index in [9.17, 15) is 9.90 Å². The Kier molecular flexibility index (Phi) is 6.00. The maximum atomic E-state index is 12.9. The molecule has 1 heterocycles. The van der Waals surface area contributed by atoms with Gasteiger partial charge in [-0.15, -0.1) is 0 Å². The summed E-state index contributed by atoms with van der Waals surface area (Å²) in [7, 11) is 1.66. The van der Waals surface area contributed by atoms with Gasteiger partial charge in [0.1, 0.15) is 22.8 Å². The third kappa shape index (κ3) is 4.24. The Balaban J connectivity index is 1.39. The molecule has 3 aromatic rings. The van der Waals surface area contributed by atoms with Crippen LogP contribution in [0.5, 0.6) is 17.2 Å².